The van der Waals surface area contributed by atoms with E-state index in [0.717, 1.165) is 16.7 Å². The highest BCUT2D eigenvalue weighted by molar-refractivity contribution is 6.33. The number of fused-ring (bicyclic) bond motifs is 1. The monoisotopic (exact) mass is 457 g/mol. The standard InChI is InChI=1S/C23H22ClF2N5O/c1-13-3-2-4-17(20(27)32)19(13)30-21-18(24)12-28-22(31-21)29-16-6-5-14-7-9-23(25,26)10-8-15(14)11-16/h2-6,11-12H,7-10H2,1H3,(H2,27,32)(H2,28,29,30,31). The lowest BCUT2D eigenvalue weighted by Crippen LogP contribution is -2.15. The van der Waals surface area contributed by atoms with E-state index in [1.54, 1.807) is 12.1 Å². The van der Waals surface area contributed by atoms with Gasteiger partial charge in [0, 0.05) is 18.5 Å². The lowest BCUT2D eigenvalue weighted by molar-refractivity contribution is -0.0130. The lowest BCUT2D eigenvalue weighted by Gasteiger charge is -2.15. The molecule has 166 valence electrons. The lowest BCUT2D eigenvalue weighted by atomic mass is 10.0. The summed E-state index contributed by atoms with van der Waals surface area (Å²) in [6, 6.07) is 10.7. The van der Waals surface area contributed by atoms with Gasteiger partial charge in [0.2, 0.25) is 11.9 Å². The number of carbonyl (C=O) groups excluding carboxylic acids is 1. The number of nitrogens with zero attached hydrogens (tertiary/aromatic N) is 2. The highest BCUT2D eigenvalue weighted by atomic mass is 35.5. The van der Waals surface area contributed by atoms with E-state index in [9.17, 15) is 13.6 Å². The van der Waals surface area contributed by atoms with Crippen molar-refractivity contribution in [2.24, 2.45) is 5.73 Å². The van der Waals surface area contributed by atoms with E-state index in [1.807, 2.05) is 31.2 Å². The molecule has 0 saturated carbocycles. The molecule has 1 aliphatic carbocycles. The quantitative estimate of drug-likeness (QED) is 0.437. The third-order valence-electron chi connectivity index (χ3n) is 5.51. The highest BCUT2D eigenvalue weighted by Gasteiger charge is 2.31. The number of primary amides is 1. The molecule has 1 amide bonds. The van der Waals surface area contributed by atoms with Crippen LogP contribution in [0.1, 0.15) is 39.9 Å². The first kappa shape index (κ1) is 22.0. The average molecular weight is 458 g/mol. The number of hydrogen-bond donors (Lipinski definition) is 3. The molecule has 0 fully saturated rings. The van der Waals surface area contributed by atoms with Crippen LogP contribution in [0.3, 0.4) is 0 Å². The van der Waals surface area contributed by atoms with Gasteiger partial charge in [0.1, 0.15) is 5.02 Å². The highest BCUT2D eigenvalue weighted by Crippen LogP contribution is 2.34. The average Bonchev–Trinajstić information content (AvgIpc) is 2.90. The SMILES string of the molecule is Cc1cccc(C(N)=O)c1Nc1nc(Nc2ccc3c(c2)CCC(F)(F)CC3)ncc1Cl. The molecule has 0 radical (unpaired) electrons. The molecule has 0 spiro atoms. The Bertz CT molecular complexity index is 1190. The van der Waals surface area contributed by atoms with Crippen molar-refractivity contribution >= 4 is 40.6 Å². The number of benzene rings is 2. The van der Waals surface area contributed by atoms with Crippen molar-refractivity contribution in [3.63, 3.8) is 0 Å². The van der Waals surface area contributed by atoms with Crippen LogP contribution in [0.5, 0.6) is 0 Å². The summed E-state index contributed by atoms with van der Waals surface area (Å²) in [6.07, 6.45) is 1.81. The van der Waals surface area contributed by atoms with E-state index in [-0.39, 0.29) is 23.8 Å². The van der Waals surface area contributed by atoms with Gasteiger partial charge in [-0.15, -0.1) is 0 Å². The molecule has 1 heterocycles. The van der Waals surface area contributed by atoms with Gasteiger partial charge in [-0.2, -0.15) is 4.98 Å². The van der Waals surface area contributed by atoms with Gasteiger partial charge in [0.25, 0.3) is 5.91 Å². The molecule has 2 aromatic carbocycles. The van der Waals surface area contributed by atoms with Crippen molar-refractivity contribution < 1.29 is 13.6 Å². The van der Waals surface area contributed by atoms with Crippen LogP contribution in [0.4, 0.5) is 31.9 Å². The van der Waals surface area contributed by atoms with Gasteiger partial charge >= 0.3 is 0 Å². The van der Waals surface area contributed by atoms with Gasteiger partial charge in [-0.25, -0.2) is 13.8 Å². The molecule has 0 aliphatic heterocycles. The zero-order chi connectivity index (χ0) is 22.9. The first-order valence-electron chi connectivity index (χ1n) is 10.2. The Balaban J connectivity index is 1.59. The number of anilines is 4. The normalized spacial score (nSPS) is 14.9. The van der Waals surface area contributed by atoms with Crippen LogP contribution in [-0.2, 0) is 12.8 Å². The van der Waals surface area contributed by atoms with Gasteiger partial charge in [0.05, 0.1) is 17.4 Å². The number of aryl methyl sites for hydroxylation is 3. The molecule has 0 saturated heterocycles. The molecular formula is C23H22ClF2N5O. The van der Waals surface area contributed by atoms with Crippen LogP contribution in [-0.4, -0.2) is 21.8 Å². The Kier molecular flexibility index (Phi) is 5.97. The molecule has 6 nitrogen and oxygen atoms in total. The maximum Gasteiger partial charge on any atom is 0.250 e. The number of halogens is 3. The van der Waals surface area contributed by atoms with Crippen LogP contribution in [0.25, 0.3) is 0 Å². The Morgan fingerprint density at radius 3 is 2.62 bits per heavy atom. The number of rotatable bonds is 5. The molecule has 0 bridgehead atoms. The maximum absolute atomic E-state index is 13.8. The van der Waals surface area contributed by atoms with Gasteiger partial charge in [-0.3, -0.25) is 4.79 Å². The number of nitrogens with one attached hydrogen (secondary N) is 2. The van der Waals surface area contributed by atoms with Crippen molar-refractivity contribution in [2.75, 3.05) is 10.6 Å². The predicted molar refractivity (Wildman–Crippen MR) is 121 cm³/mol. The zero-order valence-corrected chi connectivity index (χ0v) is 18.1. The Hall–Kier alpha value is -3.26. The smallest absolute Gasteiger partial charge is 0.250 e. The first-order chi connectivity index (χ1) is 15.2. The van der Waals surface area contributed by atoms with E-state index in [1.165, 1.54) is 6.20 Å². The van der Waals surface area contributed by atoms with E-state index >= 15 is 0 Å². The maximum atomic E-state index is 13.8. The van der Waals surface area contributed by atoms with Crippen LogP contribution in [0.2, 0.25) is 5.02 Å². The van der Waals surface area contributed by atoms with Crippen molar-refractivity contribution in [1.82, 2.24) is 9.97 Å². The Morgan fingerprint density at radius 1 is 1.12 bits per heavy atom. The van der Waals surface area contributed by atoms with Gasteiger partial charge in [-0.05, 0) is 54.7 Å². The second-order valence-corrected chi connectivity index (χ2v) is 8.25. The zero-order valence-electron chi connectivity index (χ0n) is 17.4. The number of aromatic nitrogens is 2. The van der Waals surface area contributed by atoms with Crippen molar-refractivity contribution in [2.45, 2.75) is 38.5 Å². The van der Waals surface area contributed by atoms with Crippen LogP contribution in [0, 0.1) is 6.92 Å². The van der Waals surface area contributed by atoms with Gasteiger partial charge < -0.3 is 16.4 Å². The van der Waals surface area contributed by atoms with E-state index in [2.05, 4.69) is 20.6 Å². The summed E-state index contributed by atoms with van der Waals surface area (Å²) in [5.41, 5.74) is 9.63. The van der Waals surface area contributed by atoms with Crippen LogP contribution < -0.4 is 16.4 Å². The fraction of sp³-hybridized carbons (Fsp3) is 0.261. The third kappa shape index (κ3) is 4.80. The summed E-state index contributed by atoms with van der Waals surface area (Å²) in [4.78, 5) is 20.4. The van der Waals surface area contributed by atoms with Gasteiger partial charge in [0.15, 0.2) is 5.82 Å². The number of alkyl halides is 2. The number of hydrogen-bond acceptors (Lipinski definition) is 5. The Labute approximate surface area is 189 Å². The number of amides is 1. The molecule has 9 heteroatoms. The van der Waals surface area contributed by atoms with Crippen LogP contribution >= 0.6 is 11.6 Å². The molecule has 4 rings (SSSR count). The van der Waals surface area contributed by atoms with Crippen LogP contribution in [0.15, 0.2) is 42.6 Å². The van der Waals surface area contributed by atoms with Crippen molar-refractivity contribution in [1.29, 1.82) is 0 Å². The first-order valence-corrected chi connectivity index (χ1v) is 10.6. The van der Waals surface area contributed by atoms with E-state index in [4.69, 9.17) is 17.3 Å². The summed E-state index contributed by atoms with van der Waals surface area (Å²) in [5.74, 6) is -2.64. The minimum atomic E-state index is -2.63. The summed E-state index contributed by atoms with van der Waals surface area (Å²) in [5, 5.41) is 6.44. The van der Waals surface area contributed by atoms with Gasteiger partial charge in [-0.1, -0.05) is 29.8 Å². The fourth-order valence-electron chi connectivity index (χ4n) is 3.74. The molecule has 0 unspecified atom stereocenters. The molecule has 3 aromatic rings. The van der Waals surface area contributed by atoms with E-state index in [0.29, 0.717) is 35.6 Å². The summed E-state index contributed by atoms with van der Waals surface area (Å²) < 4.78 is 27.5. The topological polar surface area (TPSA) is 92.9 Å². The molecule has 1 aromatic heterocycles. The molecule has 1 aliphatic rings. The minimum absolute atomic E-state index is 0.131. The Morgan fingerprint density at radius 2 is 1.88 bits per heavy atom. The molecule has 0 atom stereocenters. The second-order valence-electron chi connectivity index (χ2n) is 7.84. The van der Waals surface area contributed by atoms with E-state index < -0.39 is 11.8 Å². The number of nitrogens with two attached hydrogens (primary N) is 1. The fourth-order valence-corrected chi connectivity index (χ4v) is 3.88. The number of para-hydroxylation sites is 1. The predicted octanol–water partition coefficient (Wildman–Crippen LogP) is 5.54. The number of carbonyl (C=O) groups is 1. The largest absolute Gasteiger partial charge is 0.366 e. The minimum Gasteiger partial charge on any atom is -0.366 e. The van der Waals surface area contributed by atoms with Crippen molar-refractivity contribution in [3.05, 3.63) is 69.9 Å². The summed E-state index contributed by atoms with van der Waals surface area (Å²) >= 11 is 6.27. The molecule has 4 N–H and O–H groups in total. The molecule has 32 heavy (non-hydrogen) atoms. The van der Waals surface area contributed by atoms with Crippen molar-refractivity contribution in [3.8, 4) is 0 Å². The third-order valence-corrected chi connectivity index (χ3v) is 5.78. The summed E-state index contributed by atoms with van der Waals surface area (Å²) in [6.45, 7) is 1.84. The molecular weight excluding hydrogens is 436 g/mol. The summed E-state index contributed by atoms with van der Waals surface area (Å²) in [7, 11) is 0. The second kappa shape index (κ2) is 8.70.